The molecule has 1 nitrogen and oxygen atoms in total. The summed E-state index contributed by atoms with van der Waals surface area (Å²) in [6.07, 6.45) is 0. The minimum absolute atomic E-state index is 1.22. The van der Waals surface area contributed by atoms with E-state index in [1.165, 1.54) is 27.4 Å². The molecule has 1 N–H and O–H groups in total. The van der Waals surface area contributed by atoms with Gasteiger partial charge in [-0.15, -0.1) is 0 Å². The first-order chi connectivity index (χ1) is 6.84. The van der Waals surface area contributed by atoms with Crippen LogP contribution in [0.15, 0.2) is 42.5 Å². The van der Waals surface area contributed by atoms with E-state index in [4.69, 9.17) is 0 Å². The van der Waals surface area contributed by atoms with Crippen molar-refractivity contribution >= 4 is 21.7 Å². The molecule has 0 aliphatic carbocycles. The number of nitrogens with one attached hydrogen (secondary N) is 1. The van der Waals surface area contributed by atoms with Crippen LogP contribution in [0.4, 0.5) is 0 Å². The van der Waals surface area contributed by atoms with Gasteiger partial charge in [0.1, 0.15) is 0 Å². The zero-order valence-electron chi connectivity index (χ0n) is 8.04. The largest absolute Gasteiger partial charge is 0.359 e. The van der Waals surface area contributed by atoms with Crippen molar-refractivity contribution in [2.24, 2.45) is 0 Å². The molecule has 2 aromatic carbocycles. The number of rotatable bonds is 0. The van der Waals surface area contributed by atoms with E-state index in [0.717, 1.165) is 0 Å². The van der Waals surface area contributed by atoms with Crippen LogP contribution in [0, 0.1) is 6.92 Å². The Hall–Kier alpha value is -1.76. The van der Waals surface area contributed by atoms with Crippen LogP contribution >= 0.6 is 0 Å². The van der Waals surface area contributed by atoms with E-state index in [0.29, 0.717) is 0 Å². The number of fused-ring (bicyclic) bond motifs is 3. The van der Waals surface area contributed by atoms with Crippen LogP contribution in [0.2, 0.25) is 0 Å². The third-order valence-electron chi connectivity index (χ3n) is 2.66. The van der Waals surface area contributed by atoms with Crippen molar-refractivity contribution in [3.63, 3.8) is 0 Å². The van der Waals surface area contributed by atoms with Crippen molar-refractivity contribution in [3.05, 3.63) is 48.2 Å². The maximum absolute atomic E-state index is 3.35. The van der Waals surface area contributed by atoms with Crippen molar-refractivity contribution in [1.29, 1.82) is 0 Å². The summed E-state index contributed by atoms with van der Waals surface area (Å²) in [5, 5.41) is 3.95. The van der Waals surface area contributed by atoms with E-state index in [2.05, 4.69) is 54.4 Å². The highest BCUT2D eigenvalue weighted by molar-refractivity contribution is 6.06. The van der Waals surface area contributed by atoms with Crippen molar-refractivity contribution in [2.75, 3.05) is 0 Å². The van der Waals surface area contributed by atoms with Crippen LogP contribution in [-0.2, 0) is 0 Å². The molecule has 0 saturated carbocycles. The average Bonchev–Trinajstić information content (AvgIpc) is 2.59. The highest BCUT2D eigenvalue weighted by atomic mass is 14.7. The van der Waals surface area contributed by atoms with Gasteiger partial charge in [0.15, 0.2) is 0 Å². The van der Waals surface area contributed by atoms with Gasteiger partial charge in [-0.2, -0.15) is 0 Å². The van der Waals surface area contributed by atoms with Crippen molar-refractivity contribution in [3.8, 4) is 0 Å². The van der Waals surface area contributed by atoms with Crippen molar-refractivity contribution in [1.82, 2.24) is 4.98 Å². The zero-order chi connectivity index (χ0) is 9.54. The molecule has 0 spiro atoms. The molecule has 0 fully saturated rings. The maximum atomic E-state index is 3.35. The molecule has 1 heterocycles. The monoisotopic (exact) mass is 181 g/mol. The van der Waals surface area contributed by atoms with Crippen LogP contribution < -0.4 is 0 Å². The molecule has 0 saturated heterocycles. The molecule has 0 aliphatic rings. The zero-order valence-corrected chi connectivity index (χ0v) is 8.04. The van der Waals surface area contributed by atoms with Gasteiger partial charge in [0.05, 0.1) is 0 Å². The Morgan fingerprint density at radius 1 is 0.929 bits per heavy atom. The minimum Gasteiger partial charge on any atom is -0.359 e. The van der Waals surface area contributed by atoms with E-state index in [-0.39, 0.29) is 0 Å². The fourth-order valence-corrected chi connectivity index (χ4v) is 2.03. The number of aromatic amines is 1. The second-order valence-corrected chi connectivity index (χ2v) is 3.70. The predicted molar refractivity (Wildman–Crippen MR) is 60.5 cm³/mol. The molecule has 0 radical (unpaired) electrons. The number of H-pyrrole nitrogens is 1. The van der Waals surface area contributed by atoms with Gasteiger partial charge in [0.25, 0.3) is 0 Å². The fraction of sp³-hybridized carbons (Fsp3) is 0.0769. The Kier molecular flexibility index (Phi) is 1.42. The fourth-order valence-electron chi connectivity index (χ4n) is 2.03. The maximum Gasteiger partial charge on any atom is 0.0462 e. The summed E-state index contributed by atoms with van der Waals surface area (Å²) >= 11 is 0. The first kappa shape index (κ1) is 7.63. The highest BCUT2D eigenvalue weighted by Gasteiger charge is 2.01. The molecule has 1 heteroatoms. The summed E-state index contributed by atoms with van der Waals surface area (Å²) in [7, 11) is 0. The average molecular weight is 181 g/mol. The molecule has 0 aliphatic heterocycles. The van der Waals surface area contributed by atoms with Gasteiger partial charge in [0.2, 0.25) is 0 Å². The Morgan fingerprint density at radius 2 is 1.79 bits per heavy atom. The minimum atomic E-state index is 1.22. The van der Waals surface area contributed by atoms with Gasteiger partial charge in [-0.25, -0.2) is 0 Å². The molecular formula is C13H11N. The molecular weight excluding hydrogens is 170 g/mol. The third-order valence-corrected chi connectivity index (χ3v) is 2.66. The number of hydrogen-bond donors (Lipinski definition) is 1. The van der Waals surface area contributed by atoms with E-state index in [1.54, 1.807) is 0 Å². The van der Waals surface area contributed by atoms with E-state index < -0.39 is 0 Å². The van der Waals surface area contributed by atoms with Gasteiger partial charge in [0, 0.05) is 16.6 Å². The van der Waals surface area contributed by atoms with Crippen LogP contribution in [0.5, 0.6) is 0 Å². The highest BCUT2D eigenvalue weighted by Crippen LogP contribution is 2.25. The molecule has 0 atom stereocenters. The molecule has 0 amide bonds. The van der Waals surface area contributed by atoms with E-state index in [1.807, 2.05) is 0 Å². The number of aryl methyl sites for hydroxylation is 1. The van der Waals surface area contributed by atoms with Gasteiger partial charge in [-0.1, -0.05) is 30.3 Å². The lowest BCUT2D eigenvalue weighted by Gasteiger charge is -1.97. The number of hydrogen-bond acceptors (Lipinski definition) is 0. The first-order valence-electron chi connectivity index (χ1n) is 4.82. The SMILES string of the molecule is Cc1cc2c(ccc3ccccc32)[nH]1. The van der Waals surface area contributed by atoms with Crippen LogP contribution in [0.1, 0.15) is 5.69 Å². The van der Waals surface area contributed by atoms with Gasteiger partial charge in [-0.05, 0) is 29.8 Å². The van der Waals surface area contributed by atoms with Crippen LogP contribution in [0.3, 0.4) is 0 Å². The smallest absolute Gasteiger partial charge is 0.0462 e. The topological polar surface area (TPSA) is 15.8 Å². The van der Waals surface area contributed by atoms with Gasteiger partial charge in [-0.3, -0.25) is 0 Å². The predicted octanol–water partition coefficient (Wildman–Crippen LogP) is 3.63. The summed E-state index contributed by atoms with van der Waals surface area (Å²) < 4.78 is 0. The molecule has 14 heavy (non-hydrogen) atoms. The molecule has 0 unspecified atom stereocenters. The first-order valence-corrected chi connectivity index (χ1v) is 4.82. The molecule has 1 aromatic heterocycles. The van der Waals surface area contributed by atoms with Gasteiger partial charge < -0.3 is 4.98 Å². The second kappa shape index (κ2) is 2.61. The number of benzene rings is 2. The summed E-state index contributed by atoms with van der Waals surface area (Å²) in [6, 6.07) is 15.0. The summed E-state index contributed by atoms with van der Waals surface area (Å²) in [5.41, 5.74) is 2.44. The van der Waals surface area contributed by atoms with Crippen molar-refractivity contribution < 1.29 is 0 Å². The molecule has 0 bridgehead atoms. The lowest BCUT2D eigenvalue weighted by atomic mass is 10.1. The Balaban J connectivity index is 2.60. The van der Waals surface area contributed by atoms with E-state index >= 15 is 0 Å². The van der Waals surface area contributed by atoms with Crippen LogP contribution in [-0.4, -0.2) is 4.98 Å². The lowest BCUT2D eigenvalue weighted by Crippen LogP contribution is -1.72. The van der Waals surface area contributed by atoms with Gasteiger partial charge >= 0.3 is 0 Å². The molecule has 3 aromatic rings. The Labute approximate surface area is 82.4 Å². The summed E-state index contributed by atoms with van der Waals surface area (Å²) in [6.45, 7) is 2.09. The Bertz CT molecular complexity index is 605. The quantitative estimate of drug-likeness (QED) is 0.545. The van der Waals surface area contributed by atoms with E-state index in [9.17, 15) is 0 Å². The summed E-state index contributed by atoms with van der Waals surface area (Å²) in [5.74, 6) is 0. The van der Waals surface area contributed by atoms with Crippen LogP contribution in [0.25, 0.3) is 21.7 Å². The van der Waals surface area contributed by atoms with Crippen molar-refractivity contribution in [2.45, 2.75) is 6.92 Å². The second-order valence-electron chi connectivity index (χ2n) is 3.70. The summed E-state index contributed by atoms with van der Waals surface area (Å²) in [4.78, 5) is 3.35. The molecule has 68 valence electrons. The Morgan fingerprint density at radius 3 is 2.71 bits per heavy atom. The third kappa shape index (κ3) is 0.956. The molecule has 3 rings (SSSR count). The normalized spacial score (nSPS) is 11.2. The lowest BCUT2D eigenvalue weighted by molar-refractivity contribution is 1.30. The standard InChI is InChI=1S/C13H11N/c1-9-8-12-11-5-3-2-4-10(11)6-7-13(12)14-9/h2-8,14H,1H3. The number of aromatic nitrogens is 1.